The number of carbonyl (C=O) groups excluding carboxylic acids is 1. The molecule has 0 aliphatic carbocycles. The highest BCUT2D eigenvalue weighted by Gasteiger charge is 2.27. The first-order valence-electron chi connectivity index (χ1n) is 9.82. The number of aromatic amines is 1. The number of nitrogen functional groups attached to an aromatic ring is 1. The summed E-state index contributed by atoms with van der Waals surface area (Å²) in [5.41, 5.74) is 11.9. The van der Waals surface area contributed by atoms with Crippen LogP contribution in [-0.2, 0) is 10.2 Å². The van der Waals surface area contributed by atoms with Gasteiger partial charge in [-0.05, 0) is 32.0 Å². The Labute approximate surface area is 202 Å². The van der Waals surface area contributed by atoms with E-state index >= 15 is 0 Å². The van der Waals surface area contributed by atoms with Crippen LogP contribution < -0.4 is 43.2 Å². The van der Waals surface area contributed by atoms with Crippen molar-refractivity contribution in [2.24, 2.45) is 10.1 Å². The predicted molar refractivity (Wildman–Crippen MR) is 121 cm³/mol. The highest BCUT2D eigenvalue weighted by atomic mass is 35.5. The number of nitrogens with two attached hydrogens (primary N) is 2. The van der Waals surface area contributed by atoms with E-state index in [1.807, 2.05) is 0 Å². The minimum atomic E-state index is -3.89. The maximum absolute atomic E-state index is 12.9. The highest BCUT2D eigenvalue weighted by Crippen LogP contribution is 2.30. The molecule has 1 aliphatic rings. The van der Waals surface area contributed by atoms with Gasteiger partial charge in [-0.15, -0.1) is 9.38 Å². The third-order valence-electron chi connectivity index (χ3n) is 4.75. The second kappa shape index (κ2) is 9.19. The van der Waals surface area contributed by atoms with Crippen molar-refractivity contribution < 1.29 is 34.9 Å². The Hall–Kier alpha value is -3.84. The fraction of sp³-hybridized carbons (Fsp3) is 0.200. The first kappa shape index (κ1) is 24.8. The summed E-state index contributed by atoms with van der Waals surface area (Å²) < 4.78 is 36.8. The average molecular weight is 507 g/mol. The number of ether oxygens (including phenoxy) is 1. The molecule has 0 radical (unpaired) electrons. The molecule has 12 nitrogen and oxygen atoms in total. The second-order valence-corrected chi connectivity index (χ2v) is 9.31. The number of hydrogen-bond donors (Lipinski definition) is 5. The first-order chi connectivity index (χ1) is 15.5. The van der Waals surface area contributed by atoms with Crippen LogP contribution in [0.1, 0.15) is 29.8 Å². The number of pyridine rings is 1. The van der Waals surface area contributed by atoms with E-state index in [1.165, 1.54) is 6.20 Å². The molecule has 0 unspecified atom stereocenters. The van der Waals surface area contributed by atoms with E-state index < -0.39 is 15.7 Å². The Morgan fingerprint density at radius 3 is 2.74 bits per heavy atom. The molecule has 7 N–H and O–H groups in total. The molecular weight excluding hydrogens is 484 g/mol. The predicted octanol–water partition coefficient (Wildman–Crippen LogP) is -2.76. The van der Waals surface area contributed by atoms with Crippen molar-refractivity contribution in [2.45, 2.75) is 19.4 Å². The molecule has 0 spiro atoms. The van der Waals surface area contributed by atoms with Crippen LogP contribution in [0.15, 0.2) is 53.3 Å². The lowest BCUT2D eigenvalue weighted by molar-refractivity contribution is -0.582. The molecule has 1 aromatic carbocycles. The zero-order valence-electron chi connectivity index (χ0n) is 18.2. The third kappa shape index (κ3) is 5.21. The van der Waals surface area contributed by atoms with Gasteiger partial charge in [0, 0.05) is 11.6 Å². The molecule has 1 aliphatic heterocycles. The standard InChI is InChI=1S/C20H22N8O4S.ClH/c1-20(2,11-32-14-5-3-4-13-16(14)17(21)27-33(30,31)26-13)25-18(29)12-6-7-23-15(10-12)28-9-8-24-19(28)22;/h3-10H,11H2,1-2H3,(H6,21,22,24,25,26,27,29);1H. The first-order valence-corrected chi connectivity index (χ1v) is 11.3. The number of fused-ring (bicyclic) bond motifs is 1. The van der Waals surface area contributed by atoms with Gasteiger partial charge in [-0.1, -0.05) is 6.07 Å². The van der Waals surface area contributed by atoms with Crippen molar-refractivity contribution in [1.82, 2.24) is 15.3 Å². The van der Waals surface area contributed by atoms with Crippen LogP contribution in [0.3, 0.4) is 0 Å². The van der Waals surface area contributed by atoms with Crippen LogP contribution in [0, 0.1) is 0 Å². The van der Waals surface area contributed by atoms with E-state index in [1.54, 1.807) is 61.1 Å². The second-order valence-electron chi connectivity index (χ2n) is 7.98. The summed E-state index contributed by atoms with van der Waals surface area (Å²) in [6.45, 7) is 3.66. The smallest absolute Gasteiger partial charge is 0.344 e. The van der Waals surface area contributed by atoms with E-state index in [0.717, 1.165) is 0 Å². The van der Waals surface area contributed by atoms with Crippen LogP contribution in [0.4, 0.5) is 11.6 Å². The molecule has 0 atom stereocenters. The minimum absolute atomic E-state index is 0. The van der Waals surface area contributed by atoms with Crippen LogP contribution in [-0.4, -0.2) is 42.3 Å². The van der Waals surface area contributed by atoms with Crippen molar-refractivity contribution in [3.8, 4) is 11.6 Å². The van der Waals surface area contributed by atoms with Gasteiger partial charge in [0.25, 0.3) is 5.91 Å². The van der Waals surface area contributed by atoms with Gasteiger partial charge >= 0.3 is 16.2 Å². The number of H-pyrrole nitrogens is 1. The molecule has 14 heteroatoms. The van der Waals surface area contributed by atoms with E-state index in [-0.39, 0.29) is 36.4 Å². The van der Waals surface area contributed by atoms with Gasteiger partial charge in [-0.25, -0.2) is 0 Å². The normalized spacial score (nSPS) is 14.1. The summed E-state index contributed by atoms with van der Waals surface area (Å²) in [5, 5.41) is 2.92. The molecule has 3 heterocycles. The Bertz CT molecular complexity index is 1370. The minimum Gasteiger partial charge on any atom is -1.00 e. The average Bonchev–Trinajstić information content (AvgIpc) is 3.17. The SMILES string of the molecule is CC(C)(COc1cccc2c1C(N)=NS(=O)(=O)N2)NC(=O)c1ccnc(-[n+]2cc[nH]c2N)c1.[Cl-]. The van der Waals surface area contributed by atoms with Crippen molar-refractivity contribution in [1.29, 1.82) is 0 Å². The molecule has 3 aromatic rings. The van der Waals surface area contributed by atoms with Crippen LogP contribution >= 0.6 is 0 Å². The molecule has 0 fully saturated rings. The number of amidine groups is 1. The van der Waals surface area contributed by atoms with Gasteiger partial charge in [0.05, 0.1) is 35.4 Å². The van der Waals surface area contributed by atoms with Crippen LogP contribution in [0.5, 0.6) is 5.75 Å². The summed E-state index contributed by atoms with van der Waals surface area (Å²) in [6.07, 6.45) is 4.88. The number of amides is 1. The zero-order chi connectivity index (χ0) is 23.8. The maximum atomic E-state index is 12.9. The molecule has 34 heavy (non-hydrogen) atoms. The summed E-state index contributed by atoms with van der Waals surface area (Å²) in [7, 11) is -3.89. The van der Waals surface area contributed by atoms with Crippen molar-refractivity contribution in [3.63, 3.8) is 0 Å². The zero-order valence-corrected chi connectivity index (χ0v) is 19.8. The summed E-state index contributed by atoms with van der Waals surface area (Å²) >= 11 is 0. The Morgan fingerprint density at radius 1 is 1.26 bits per heavy atom. The summed E-state index contributed by atoms with van der Waals surface area (Å²) in [4.78, 5) is 20.0. The molecule has 4 rings (SSSR count). The number of rotatable bonds is 6. The Kier molecular flexibility index (Phi) is 6.70. The number of nitrogens with zero attached hydrogens (tertiary/aromatic N) is 3. The number of carbonyl (C=O) groups is 1. The van der Waals surface area contributed by atoms with E-state index in [2.05, 4.69) is 24.4 Å². The molecule has 0 saturated heterocycles. The quantitative estimate of drug-likeness (QED) is 0.224. The maximum Gasteiger partial charge on any atom is 0.344 e. The number of aromatic nitrogens is 3. The lowest BCUT2D eigenvalue weighted by atomic mass is 10.1. The number of anilines is 2. The van der Waals surface area contributed by atoms with Gasteiger partial charge in [0.15, 0.2) is 5.84 Å². The van der Waals surface area contributed by atoms with E-state index in [0.29, 0.717) is 28.6 Å². The third-order valence-corrected chi connectivity index (χ3v) is 5.66. The number of nitrogens with one attached hydrogen (secondary N) is 3. The fourth-order valence-electron chi connectivity index (χ4n) is 3.25. The van der Waals surface area contributed by atoms with Crippen molar-refractivity contribution in [2.75, 3.05) is 17.1 Å². The van der Waals surface area contributed by atoms with Crippen molar-refractivity contribution >= 4 is 33.6 Å². The number of imidazole rings is 1. The van der Waals surface area contributed by atoms with Crippen LogP contribution in [0.25, 0.3) is 5.82 Å². The number of halogens is 1. The van der Waals surface area contributed by atoms with E-state index in [4.69, 9.17) is 16.2 Å². The van der Waals surface area contributed by atoms with Gasteiger partial charge in [-0.3, -0.25) is 14.5 Å². The van der Waals surface area contributed by atoms with Gasteiger partial charge < -0.3 is 33.9 Å². The fourth-order valence-corrected chi connectivity index (χ4v) is 4.09. The van der Waals surface area contributed by atoms with Gasteiger partial charge in [-0.2, -0.15) is 13.0 Å². The summed E-state index contributed by atoms with van der Waals surface area (Å²) in [6, 6.07) is 8.05. The largest absolute Gasteiger partial charge is 1.00 e. The molecule has 2 aromatic heterocycles. The summed E-state index contributed by atoms with van der Waals surface area (Å²) in [5.74, 6) is 0.704. The molecule has 0 bridgehead atoms. The molecule has 0 saturated carbocycles. The molecule has 180 valence electrons. The Morgan fingerprint density at radius 2 is 2.03 bits per heavy atom. The monoisotopic (exact) mass is 506 g/mol. The Balaban J connectivity index is 0.00000324. The lowest BCUT2D eigenvalue weighted by Gasteiger charge is -2.27. The van der Waals surface area contributed by atoms with E-state index in [9.17, 15) is 13.2 Å². The topological polar surface area (TPSA) is 181 Å². The van der Waals surface area contributed by atoms with Gasteiger partial charge in [0.2, 0.25) is 5.82 Å². The van der Waals surface area contributed by atoms with Crippen LogP contribution in [0.2, 0.25) is 0 Å². The molecular formula is C20H23ClN8O4S. The molecule has 1 amide bonds. The van der Waals surface area contributed by atoms with Crippen molar-refractivity contribution in [3.05, 3.63) is 60.0 Å². The number of benzene rings is 1. The highest BCUT2D eigenvalue weighted by molar-refractivity contribution is 7.91. The number of hydrogen-bond acceptors (Lipinski definition) is 7. The van der Waals surface area contributed by atoms with Gasteiger partial charge in [0.1, 0.15) is 12.4 Å². The lowest BCUT2D eigenvalue weighted by Crippen LogP contribution is -3.00.